The summed E-state index contributed by atoms with van der Waals surface area (Å²) in [7, 11) is 0. The van der Waals surface area contributed by atoms with Crippen molar-refractivity contribution in [3.63, 3.8) is 0 Å². The van der Waals surface area contributed by atoms with Crippen LogP contribution in [0, 0.1) is 5.92 Å². The van der Waals surface area contributed by atoms with E-state index in [4.69, 9.17) is 9.47 Å². The smallest absolute Gasteiger partial charge is 0.217 e. The van der Waals surface area contributed by atoms with E-state index in [-0.39, 0.29) is 36.7 Å². The number of amides is 1. The maximum absolute atomic E-state index is 11.1. The molecule has 4 unspecified atom stereocenters. The summed E-state index contributed by atoms with van der Waals surface area (Å²) in [5, 5.41) is 12.1. The van der Waals surface area contributed by atoms with E-state index >= 15 is 0 Å². The molecule has 0 aromatic carbocycles. The first kappa shape index (κ1) is 11.8. The van der Waals surface area contributed by atoms with Gasteiger partial charge in [0.2, 0.25) is 5.91 Å². The Bertz CT molecular complexity index is 292. The second-order valence-electron chi connectivity index (χ2n) is 5.05. The number of aliphatic hydroxyl groups is 1. The first-order valence-corrected chi connectivity index (χ1v) is 5.66. The summed E-state index contributed by atoms with van der Waals surface area (Å²) in [4.78, 5) is 11.1. The average molecular weight is 229 g/mol. The van der Waals surface area contributed by atoms with Gasteiger partial charge in [-0.1, -0.05) is 0 Å². The summed E-state index contributed by atoms with van der Waals surface area (Å²) in [5.74, 6) is -0.654. The van der Waals surface area contributed by atoms with Gasteiger partial charge in [0.05, 0.1) is 12.1 Å². The van der Waals surface area contributed by atoms with Crippen LogP contribution in [0.15, 0.2) is 0 Å². The Kier molecular flexibility index (Phi) is 2.94. The van der Waals surface area contributed by atoms with Crippen LogP contribution in [-0.4, -0.2) is 41.7 Å². The molecule has 0 aromatic rings. The topological polar surface area (TPSA) is 67.8 Å². The maximum Gasteiger partial charge on any atom is 0.217 e. The van der Waals surface area contributed by atoms with E-state index in [1.165, 1.54) is 6.92 Å². The zero-order valence-corrected chi connectivity index (χ0v) is 9.90. The van der Waals surface area contributed by atoms with Crippen molar-refractivity contribution in [2.45, 2.75) is 51.2 Å². The van der Waals surface area contributed by atoms with Gasteiger partial charge in [-0.2, -0.15) is 0 Å². The highest BCUT2D eigenvalue weighted by Crippen LogP contribution is 2.41. The van der Waals surface area contributed by atoms with Crippen LogP contribution in [0.3, 0.4) is 0 Å². The van der Waals surface area contributed by atoms with E-state index in [9.17, 15) is 9.90 Å². The van der Waals surface area contributed by atoms with Gasteiger partial charge in [-0.05, 0) is 20.3 Å². The lowest BCUT2D eigenvalue weighted by atomic mass is 10.1. The van der Waals surface area contributed by atoms with Gasteiger partial charge in [-0.25, -0.2) is 0 Å². The third-order valence-electron chi connectivity index (χ3n) is 3.20. The maximum atomic E-state index is 11.1. The third kappa shape index (κ3) is 2.07. The molecule has 0 spiro atoms. The molecule has 92 valence electrons. The summed E-state index contributed by atoms with van der Waals surface area (Å²) in [5.41, 5.74) is 0. The van der Waals surface area contributed by atoms with E-state index < -0.39 is 5.79 Å². The molecule has 0 radical (unpaired) electrons. The Morgan fingerprint density at radius 1 is 1.44 bits per heavy atom. The van der Waals surface area contributed by atoms with Gasteiger partial charge in [0.25, 0.3) is 0 Å². The highest BCUT2D eigenvalue weighted by atomic mass is 16.8. The Morgan fingerprint density at radius 2 is 2.06 bits per heavy atom. The average Bonchev–Trinajstić information content (AvgIpc) is 2.60. The second-order valence-corrected chi connectivity index (χ2v) is 5.05. The fourth-order valence-corrected chi connectivity index (χ4v) is 2.67. The Hall–Kier alpha value is -0.650. The van der Waals surface area contributed by atoms with Crippen molar-refractivity contribution in [1.82, 2.24) is 5.32 Å². The summed E-state index contributed by atoms with van der Waals surface area (Å²) >= 11 is 0. The molecule has 2 N–H and O–H groups in total. The molecule has 2 rings (SSSR count). The predicted molar refractivity (Wildman–Crippen MR) is 56.6 cm³/mol. The summed E-state index contributed by atoms with van der Waals surface area (Å²) in [6.45, 7) is 5.26. The van der Waals surface area contributed by atoms with Gasteiger partial charge in [0.15, 0.2) is 5.79 Å². The number of aliphatic hydroxyl groups excluding tert-OH is 1. The highest BCUT2D eigenvalue weighted by molar-refractivity contribution is 5.73. The lowest BCUT2D eigenvalue weighted by molar-refractivity contribution is -0.161. The number of hydrogen-bond acceptors (Lipinski definition) is 4. The van der Waals surface area contributed by atoms with E-state index in [2.05, 4.69) is 5.32 Å². The van der Waals surface area contributed by atoms with Crippen LogP contribution in [0.1, 0.15) is 27.2 Å². The Morgan fingerprint density at radius 3 is 2.62 bits per heavy atom. The molecule has 1 saturated carbocycles. The van der Waals surface area contributed by atoms with Gasteiger partial charge >= 0.3 is 0 Å². The van der Waals surface area contributed by atoms with Crippen molar-refractivity contribution >= 4 is 5.91 Å². The molecule has 1 aliphatic heterocycles. The number of carbonyl (C=O) groups excluding carboxylic acids is 1. The molecule has 1 aliphatic carbocycles. The molecule has 16 heavy (non-hydrogen) atoms. The third-order valence-corrected chi connectivity index (χ3v) is 3.20. The number of hydrogen-bond donors (Lipinski definition) is 2. The molecule has 0 bridgehead atoms. The number of rotatable bonds is 2. The lowest BCUT2D eigenvalue weighted by Crippen LogP contribution is -2.41. The normalized spacial score (nSPS) is 40.8. The second kappa shape index (κ2) is 3.98. The van der Waals surface area contributed by atoms with Gasteiger partial charge < -0.3 is 19.9 Å². The minimum atomic E-state index is -0.625. The first-order chi connectivity index (χ1) is 7.43. The van der Waals surface area contributed by atoms with Crippen molar-refractivity contribution in [2.24, 2.45) is 5.92 Å². The van der Waals surface area contributed by atoms with Gasteiger partial charge in [-0.3, -0.25) is 4.79 Å². The van der Waals surface area contributed by atoms with Crippen molar-refractivity contribution in [3.05, 3.63) is 0 Å². The van der Waals surface area contributed by atoms with Crippen LogP contribution >= 0.6 is 0 Å². The molecule has 1 saturated heterocycles. The molecule has 5 nitrogen and oxygen atoms in total. The quantitative estimate of drug-likeness (QED) is 0.700. The van der Waals surface area contributed by atoms with Gasteiger partial charge in [0.1, 0.15) is 6.10 Å². The molecule has 4 atom stereocenters. The largest absolute Gasteiger partial charge is 0.396 e. The van der Waals surface area contributed by atoms with Crippen molar-refractivity contribution < 1.29 is 19.4 Å². The number of carbonyl (C=O) groups is 1. The van der Waals surface area contributed by atoms with Crippen molar-refractivity contribution in [2.75, 3.05) is 6.61 Å². The minimum absolute atomic E-state index is 0.0450. The number of nitrogens with one attached hydrogen (secondary N) is 1. The van der Waals surface area contributed by atoms with Crippen molar-refractivity contribution in [3.8, 4) is 0 Å². The fraction of sp³-hybridized carbons (Fsp3) is 0.909. The van der Waals surface area contributed by atoms with Crippen LogP contribution in [0.5, 0.6) is 0 Å². The molecule has 0 aromatic heterocycles. The number of fused-ring (bicyclic) bond motifs is 1. The van der Waals surface area contributed by atoms with E-state index in [0.29, 0.717) is 6.42 Å². The molecule has 2 fully saturated rings. The monoisotopic (exact) mass is 229 g/mol. The molecule has 1 amide bonds. The summed E-state index contributed by atoms with van der Waals surface area (Å²) in [6, 6.07) is -0.0542. The number of ether oxygens (including phenoxy) is 2. The Labute approximate surface area is 95.1 Å². The zero-order chi connectivity index (χ0) is 11.9. The Balaban J connectivity index is 2.11. The van der Waals surface area contributed by atoms with E-state index in [1.54, 1.807) is 0 Å². The van der Waals surface area contributed by atoms with Gasteiger partial charge in [-0.15, -0.1) is 0 Å². The van der Waals surface area contributed by atoms with Crippen molar-refractivity contribution in [1.29, 1.82) is 0 Å². The summed E-state index contributed by atoms with van der Waals surface area (Å²) < 4.78 is 11.5. The zero-order valence-electron chi connectivity index (χ0n) is 9.90. The highest BCUT2D eigenvalue weighted by Gasteiger charge is 2.53. The van der Waals surface area contributed by atoms with Gasteiger partial charge in [0, 0.05) is 19.4 Å². The summed E-state index contributed by atoms with van der Waals surface area (Å²) in [6.07, 6.45) is 0.453. The first-order valence-electron chi connectivity index (χ1n) is 5.66. The molecule has 5 heteroatoms. The van der Waals surface area contributed by atoms with Crippen LogP contribution in [0.4, 0.5) is 0 Å². The van der Waals surface area contributed by atoms with E-state index in [1.807, 2.05) is 13.8 Å². The van der Waals surface area contributed by atoms with Crippen LogP contribution < -0.4 is 5.32 Å². The molecule has 2 aliphatic rings. The van der Waals surface area contributed by atoms with E-state index in [0.717, 1.165) is 0 Å². The minimum Gasteiger partial charge on any atom is -0.396 e. The molecular weight excluding hydrogens is 210 g/mol. The predicted octanol–water partition coefficient (Wildman–Crippen LogP) is 0.0234. The van der Waals surface area contributed by atoms with Crippen LogP contribution in [0.2, 0.25) is 0 Å². The SMILES string of the molecule is CC(=O)NC1CC(CO)C2OC(C)(C)OC12. The van der Waals surface area contributed by atoms with Crippen LogP contribution in [0.25, 0.3) is 0 Å². The molecular formula is C11H19NO4. The van der Waals surface area contributed by atoms with Crippen LogP contribution in [-0.2, 0) is 14.3 Å². The lowest BCUT2D eigenvalue weighted by Gasteiger charge is -2.23. The fourth-order valence-electron chi connectivity index (χ4n) is 2.67. The molecule has 1 heterocycles. The standard InChI is InChI=1S/C11H19NO4/c1-6(14)12-8-4-7(5-13)9-10(8)16-11(2,3)15-9/h7-10,13H,4-5H2,1-3H3,(H,12,14).